The number of carbonyl (C=O) groups excluding carboxylic acids is 1. The molecule has 0 spiro atoms. The smallest absolute Gasteiger partial charge is 0.419 e. The molecule has 0 aliphatic rings. The Morgan fingerprint density at radius 1 is 1.41 bits per heavy atom. The molecule has 0 saturated carbocycles. The van der Waals surface area contributed by atoms with Gasteiger partial charge in [0.05, 0.1) is 12.0 Å². The van der Waals surface area contributed by atoms with E-state index < -0.39 is 29.4 Å². The largest absolute Gasteiger partial charge is 0.481 e. The molecule has 5 nitrogen and oxygen atoms in total. The molecular formula is C9H8F3NO4. The molecule has 1 aromatic heterocycles. The topological polar surface area (TPSA) is 79.5 Å². The van der Waals surface area contributed by atoms with Crippen molar-refractivity contribution < 1.29 is 32.3 Å². The van der Waals surface area contributed by atoms with E-state index in [0.717, 1.165) is 0 Å². The first kappa shape index (κ1) is 13.1. The predicted octanol–water partition coefficient (Wildman–Crippen LogP) is 1.50. The molecular weight excluding hydrogens is 243 g/mol. The second-order valence-corrected chi connectivity index (χ2v) is 3.10. The van der Waals surface area contributed by atoms with Gasteiger partial charge >= 0.3 is 12.1 Å². The van der Waals surface area contributed by atoms with Crippen LogP contribution in [0.25, 0.3) is 0 Å². The molecule has 1 rings (SSSR count). The lowest BCUT2D eigenvalue weighted by Crippen LogP contribution is -2.25. The number of nitrogens with one attached hydrogen (secondary N) is 1. The molecule has 8 heteroatoms. The van der Waals surface area contributed by atoms with Gasteiger partial charge in [0.1, 0.15) is 6.26 Å². The van der Waals surface area contributed by atoms with Gasteiger partial charge in [-0.1, -0.05) is 0 Å². The van der Waals surface area contributed by atoms with Gasteiger partial charge in [-0.3, -0.25) is 9.59 Å². The van der Waals surface area contributed by atoms with Crippen molar-refractivity contribution in [1.82, 2.24) is 5.32 Å². The maximum absolute atomic E-state index is 12.2. The average molecular weight is 251 g/mol. The van der Waals surface area contributed by atoms with Crippen molar-refractivity contribution in [2.75, 3.05) is 6.54 Å². The van der Waals surface area contributed by atoms with Gasteiger partial charge in [-0.25, -0.2) is 0 Å². The van der Waals surface area contributed by atoms with E-state index in [9.17, 15) is 22.8 Å². The molecule has 94 valence electrons. The summed E-state index contributed by atoms with van der Waals surface area (Å²) in [5.74, 6) is -2.52. The summed E-state index contributed by atoms with van der Waals surface area (Å²) in [6.07, 6.45) is -4.48. The molecule has 2 N–H and O–H groups in total. The van der Waals surface area contributed by atoms with Gasteiger partial charge in [0.15, 0.2) is 5.76 Å². The van der Waals surface area contributed by atoms with E-state index in [2.05, 4.69) is 9.73 Å². The predicted molar refractivity (Wildman–Crippen MR) is 48.3 cm³/mol. The Morgan fingerprint density at radius 2 is 2.06 bits per heavy atom. The van der Waals surface area contributed by atoms with Gasteiger partial charge in [0.25, 0.3) is 5.91 Å². The summed E-state index contributed by atoms with van der Waals surface area (Å²) in [5, 5.41) is 10.4. The highest BCUT2D eigenvalue weighted by atomic mass is 19.4. The molecule has 1 amide bonds. The highest BCUT2D eigenvalue weighted by molar-refractivity contribution is 5.91. The van der Waals surface area contributed by atoms with Crippen LogP contribution in [0.5, 0.6) is 0 Å². The zero-order valence-corrected chi connectivity index (χ0v) is 8.37. The van der Waals surface area contributed by atoms with Crippen LogP contribution in [-0.4, -0.2) is 23.5 Å². The lowest BCUT2D eigenvalue weighted by atomic mass is 10.3. The van der Waals surface area contributed by atoms with E-state index in [1.165, 1.54) is 0 Å². The number of halogens is 3. The minimum atomic E-state index is -4.58. The summed E-state index contributed by atoms with van der Waals surface area (Å²) in [6.45, 7) is -0.184. The van der Waals surface area contributed by atoms with Gasteiger partial charge in [-0.2, -0.15) is 13.2 Å². The van der Waals surface area contributed by atoms with Crippen LogP contribution in [0, 0.1) is 0 Å². The van der Waals surface area contributed by atoms with E-state index in [1.54, 1.807) is 0 Å². The Bertz CT molecular complexity index is 424. The van der Waals surface area contributed by atoms with Crippen molar-refractivity contribution in [3.05, 3.63) is 23.7 Å². The van der Waals surface area contributed by atoms with Gasteiger partial charge < -0.3 is 14.8 Å². The number of hydrogen-bond acceptors (Lipinski definition) is 3. The number of carbonyl (C=O) groups is 2. The first-order valence-corrected chi connectivity index (χ1v) is 4.46. The quantitative estimate of drug-likeness (QED) is 0.849. The molecule has 0 bridgehead atoms. The third-order valence-corrected chi connectivity index (χ3v) is 1.77. The Labute approximate surface area is 93.2 Å². The Balaban J connectivity index is 2.58. The average Bonchev–Trinajstić information content (AvgIpc) is 2.64. The molecule has 0 fully saturated rings. The lowest BCUT2D eigenvalue weighted by molar-refractivity contribution is -0.138. The van der Waals surface area contributed by atoms with Crippen molar-refractivity contribution in [1.29, 1.82) is 0 Å². The number of amides is 1. The van der Waals surface area contributed by atoms with Crippen LogP contribution < -0.4 is 5.32 Å². The standard InChI is InChI=1S/C9H8F3NO4/c10-9(11,12)5-3-6(17-4-5)8(16)13-2-1-7(14)15/h3-4H,1-2H2,(H,13,16)(H,14,15). The van der Waals surface area contributed by atoms with Crippen molar-refractivity contribution in [2.45, 2.75) is 12.6 Å². The zero-order chi connectivity index (χ0) is 13.1. The summed E-state index contributed by atoms with van der Waals surface area (Å²) < 4.78 is 40.9. The molecule has 0 saturated heterocycles. The molecule has 1 heterocycles. The molecule has 0 unspecified atom stereocenters. The summed E-state index contributed by atoms with van der Waals surface area (Å²) in [7, 11) is 0. The first-order chi connectivity index (χ1) is 7.80. The third-order valence-electron chi connectivity index (χ3n) is 1.77. The fourth-order valence-corrected chi connectivity index (χ4v) is 0.974. The van der Waals surface area contributed by atoms with Gasteiger partial charge in [0, 0.05) is 12.6 Å². The third kappa shape index (κ3) is 3.82. The lowest BCUT2D eigenvalue weighted by Gasteiger charge is -2.00. The van der Waals surface area contributed by atoms with Crippen LogP contribution in [0.4, 0.5) is 13.2 Å². The highest BCUT2D eigenvalue weighted by Crippen LogP contribution is 2.30. The van der Waals surface area contributed by atoms with Crippen molar-refractivity contribution in [3.63, 3.8) is 0 Å². The maximum Gasteiger partial charge on any atom is 0.419 e. The van der Waals surface area contributed by atoms with Gasteiger partial charge in [-0.05, 0) is 0 Å². The number of carboxylic acids is 1. The number of rotatable bonds is 4. The minimum Gasteiger partial charge on any atom is -0.481 e. The summed E-state index contributed by atoms with van der Waals surface area (Å²) >= 11 is 0. The number of aliphatic carboxylic acids is 1. The van der Waals surface area contributed by atoms with Crippen LogP contribution in [-0.2, 0) is 11.0 Å². The number of furan rings is 1. The Morgan fingerprint density at radius 3 is 2.53 bits per heavy atom. The van der Waals surface area contributed by atoms with E-state index in [-0.39, 0.29) is 13.0 Å². The normalized spacial score (nSPS) is 11.2. The second kappa shape index (κ2) is 4.89. The van der Waals surface area contributed by atoms with Crippen LogP contribution in [0.2, 0.25) is 0 Å². The molecule has 0 aromatic carbocycles. The Kier molecular flexibility index (Phi) is 3.77. The minimum absolute atomic E-state index is 0.184. The second-order valence-electron chi connectivity index (χ2n) is 3.10. The molecule has 0 aliphatic carbocycles. The summed E-state index contributed by atoms with van der Waals surface area (Å²) in [5.41, 5.74) is -1.07. The monoisotopic (exact) mass is 251 g/mol. The first-order valence-electron chi connectivity index (χ1n) is 4.46. The number of alkyl halides is 3. The van der Waals surface area contributed by atoms with Crippen LogP contribution in [0.15, 0.2) is 16.7 Å². The maximum atomic E-state index is 12.2. The van der Waals surface area contributed by atoms with E-state index >= 15 is 0 Å². The molecule has 1 aromatic rings. The van der Waals surface area contributed by atoms with E-state index in [4.69, 9.17) is 5.11 Å². The fourth-order valence-electron chi connectivity index (χ4n) is 0.974. The van der Waals surface area contributed by atoms with Gasteiger partial charge in [-0.15, -0.1) is 0 Å². The molecule has 0 atom stereocenters. The Hall–Kier alpha value is -1.99. The molecule has 0 radical (unpaired) electrons. The molecule has 0 aliphatic heterocycles. The van der Waals surface area contributed by atoms with Crippen molar-refractivity contribution >= 4 is 11.9 Å². The van der Waals surface area contributed by atoms with Crippen molar-refractivity contribution in [2.24, 2.45) is 0 Å². The van der Waals surface area contributed by atoms with E-state index in [1.807, 2.05) is 0 Å². The summed E-state index contributed by atoms with van der Waals surface area (Å²) in [6, 6.07) is 0.552. The molecule has 17 heavy (non-hydrogen) atoms. The van der Waals surface area contributed by atoms with Crippen LogP contribution >= 0.6 is 0 Å². The zero-order valence-electron chi connectivity index (χ0n) is 8.37. The highest BCUT2D eigenvalue weighted by Gasteiger charge is 2.33. The van der Waals surface area contributed by atoms with Gasteiger partial charge in [0.2, 0.25) is 0 Å². The SMILES string of the molecule is O=C(O)CCNC(=O)c1cc(C(F)(F)F)co1. The van der Waals surface area contributed by atoms with Crippen LogP contribution in [0.1, 0.15) is 22.5 Å². The number of hydrogen-bond donors (Lipinski definition) is 2. The fraction of sp³-hybridized carbons (Fsp3) is 0.333. The summed E-state index contributed by atoms with van der Waals surface area (Å²) in [4.78, 5) is 21.3. The van der Waals surface area contributed by atoms with E-state index in [0.29, 0.717) is 12.3 Å². The van der Waals surface area contributed by atoms with Crippen LogP contribution in [0.3, 0.4) is 0 Å². The number of carboxylic acid groups (broad SMARTS) is 1. The van der Waals surface area contributed by atoms with Crippen molar-refractivity contribution in [3.8, 4) is 0 Å².